The van der Waals surface area contributed by atoms with Crippen LogP contribution < -0.4 is 15.1 Å². The summed E-state index contributed by atoms with van der Waals surface area (Å²) in [6.45, 7) is 4.07. The standard InChI is InChI=1S/C21H29N3O/c1-5-17-6-8-19(9-7-17)15-24(4)16-21(25)22-14-18-10-12-20(13-11-18)23(2)3/h6-13H,5,14-16H2,1-4H3,(H,22,25)/p+1. The summed E-state index contributed by atoms with van der Waals surface area (Å²) in [6.07, 6.45) is 1.06. The van der Waals surface area contributed by atoms with E-state index < -0.39 is 0 Å². The molecule has 25 heavy (non-hydrogen) atoms. The molecule has 2 aromatic rings. The third-order valence-electron chi connectivity index (χ3n) is 4.34. The van der Waals surface area contributed by atoms with E-state index >= 15 is 0 Å². The van der Waals surface area contributed by atoms with E-state index in [1.165, 1.54) is 16.0 Å². The van der Waals surface area contributed by atoms with Crippen molar-refractivity contribution in [3.05, 3.63) is 65.2 Å². The maximum Gasteiger partial charge on any atom is 0.275 e. The maximum atomic E-state index is 12.2. The Labute approximate surface area is 151 Å². The van der Waals surface area contributed by atoms with E-state index in [0.717, 1.165) is 24.2 Å². The van der Waals surface area contributed by atoms with Crippen molar-refractivity contribution in [2.45, 2.75) is 26.4 Å². The molecule has 4 nitrogen and oxygen atoms in total. The molecule has 1 unspecified atom stereocenters. The van der Waals surface area contributed by atoms with Gasteiger partial charge in [0.2, 0.25) is 0 Å². The summed E-state index contributed by atoms with van der Waals surface area (Å²) in [5.41, 5.74) is 4.89. The molecule has 0 heterocycles. The number of rotatable bonds is 8. The number of likely N-dealkylation sites (N-methyl/N-ethyl adjacent to an activating group) is 1. The molecule has 0 radical (unpaired) electrons. The van der Waals surface area contributed by atoms with Crippen molar-refractivity contribution in [1.82, 2.24) is 5.32 Å². The number of benzene rings is 2. The lowest BCUT2D eigenvalue weighted by molar-refractivity contribution is -0.885. The summed E-state index contributed by atoms with van der Waals surface area (Å²) in [5, 5.41) is 3.01. The van der Waals surface area contributed by atoms with Crippen LogP contribution in [0.5, 0.6) is 0 Å². The second kappa shape index (κ2) is 9.23. The zero-order valence-electron chi connectivity index (χ0n) is 15.8. The van der Waals surface area contributed by atoms with Crippen LogP contribution in [0.25, 0.3) is 0 Å². The zero-order chi connectivity index (χ0) is 18.2. The number of nitrogens with one attached hydrogen (secondary N) is 2. The molecule has 0 fully saturated rings. The highest BCUT2D eigenvalue weighted by Gasteiger charge is 2.10. The van der Waals surface area contributed by atoms with Gasteiger partial charge >= 0.3 is 0 Å². The van der Waals surface area contributed by atoms with Crippen molar-refractivity contribution in [1.29, 1.82) is 0 Å². The first kappa shape index (κ1) is 19.0. The zero-order valence-corrected chi connectivity index (χ0v) is 15.8. The second-order valence-electron chi connectivity index (χ2n) is 6.82. The van der Waals surface area contributed by atoms with Crippen molar-refractivity contribution < 1.29 is 9.69 Å². The fraction of sp³-hybridized carbons (Fsp3) is 0.381. The smallest absolute Gasteiger partial charge is 0.275 e. The van der Waals surface area contributed by atoms with E-state index in [2.05, 4.69) is 72.7 Å². The Balaban J connectivity index is 1.76. The number of quaternary nitrogens is 1. The van der Waals surface area contributed by atoms with Crippen LogP contribution in [-0.4, -0.2) is 33.6 Å². The molecule has 0 aromatic heterocycles. The largest absolute Gasteiger partial charge is 0.378 e. The Morgan fingerprint density at radius 2 is 1.52 bits per heavy atom. The highest BCUT2D eigenvalue weighted by atomic mass is 16.2. The average Bonchev–Trinajstić information content (AvgIpc) is 2.61. The maximum absolute atomic E-state index is 12.2. The second-order valence-corrected chi connectivity index (χ2v) is 6.82. The molecule has 134 valence electrons. The molecule has 1 atom stereocenters. The summed E-state index contributed by atoms with van der Waals surface area (Å²) in [4.78, 5) is 15.4. The van der Waals surface area contributed by atoms with E-state index in [0.29, 0.717) is 13.1 Å². The number of nitrogens with zero attached hydrogens (tertiary/aromatic N) is 1. The van der Waals surface area contributed by atoms with Gasteiger partial charge in [0.25, 0.3) is 5.91 Å². The first-order valence-corrected chi connectivity index (χ1v) is 8.90. The minimum Gasteiger partial charge on any atom is -0.378 e. The molecule has 4 heteroatoms. The number of carbonyl (C=O) groups is 1. The van der Waals surface area contributed by atoms with E-state index in [1.54, 1.807) is 0 Å². The Kier molecular flexibility index (Phi) is 7.02. The van der Waals surface area contributed by atoms with Gasteiger partial charge in [0.05, 0.1) is 7.05 Å². The number of hydrogen-bond donors (Lipinski definition) is 2. The molecule has 0 spiro atoms. The van der Waals surface area contributed by atoms with Gasteiger partial charge in [0, 0.05) is 31.9 Å². The van der Waals surface area contributed by atoms with Crippen LogP contribution in [0.15, 0.2) is 48.5 Å². The van der Waals surface area contributed by atoms with Crippen molar-refractivity contribution >= 4 is 11.6 Å². The van der Waals surface area contributed by atoms with Gasteiger partial charge in [-0.25, -0.2) is 0 Å². The van der Waals surface area contributed by atoms with Gasteiger partial charge in [-0.1, -0.05) is 43.3 Å². The molecule has 1 amide bonds. The molecule has 0 saturated heterocycles. The van der Waals surface area contributed by atoms with Crippen molar-refractivity contribution in [3.8, 4) is 0 Å². The summed E-state index contributed by atoms with van der Waals surface area (Å²) < 4.78 is 0. The van der Waals surface area contributed by atoms with Gasteiger partial charge in [-0.05, 0) is 29.7 Å². The molecule has 2 N–H and O–H groups in total. The topological polar surface area (TPSA) is 36.8 Å². The highest BCUT2D eigenvalue weighted by molar-refractivity contribution is 5.76. The van der Waals surface area contributed by atoms with Gasteiger partial charge in [-0.15, -0.1) is 0 Å². The third kappa shape index (κ3) is 6.24. The van der Waals surface area contributed by atoms with Crippen molar-refractivity contribution in [3.63, 3.8) is 0 Å². The van der Waals surface area contributed by atoms with Crippen LogP contribution in [0, 0.1) is 0 Å². The Morgan fingerprint density at radius 1 is 0.960 bits per heavy atom. The first-order chi connectivity index (χ1) is 12.0. The number of anilines is 1. The molecule has 2 rings (SSSR count). The number of aryl methyl sites for hydroxylation is 1. The lowest BCUT2D eigenvalue weighted by atomic mass is 10.1. The van der Waals surface area contributed by atoms with Crippen LogP contribution >= 0.6 is 0 Å². The van der Waals surface area contributed by atoms with E-state index in [-0.39, 0.29) is 5.91 Å². The molecule has 0 aliphatic carbocycles. The summed E-state index contributed by atoms with van der Waals surface area (Å²) in [7, 11) is 6.09. The van der Waals surface area contributed by atoms with Gasteiger partial charge in [-0.3, -0.25) is 4.79 Å². The monoisotopic (exact) mass is 340 g/mol. The van der Waals surface area contributed by atoms with Crippen LogP contribution in [0.3, 0.4) is 0 Å². The van der Waals surface area contributed by atoms with Crippen LogP contribution in [0.4, 0.5) is 5.69 Å². The van der Waals surface area contributed by atoms with Crippen molar-refractivity contribution in [2.24, 2.45) is 0 Å². The van der Waals surface area contributed by atoms with Gasteiger partial charge < -0.3 is 15.1 Å². The van der Waals surface area contributed by atoms with Gasteiger partial charge in [0.15, 0.2) is 6.54 Å². The molecular formula is C21H30N3O+. The summed E-state index contributed by atoms with van der Waals surface area (Å²) >= 11 is 0. The summed E-state index contributed by atoms with van der Waals surface area (Å²) in [6, 6.07) is 16.9. The average molecular weight is 340 g/mol. The molecule has 0 aliphatic heterocycles. The fourth-order valence-corrected chi connectivity index (χ4v) is 2.75. The predicted molar refractivity (Wildman–Crippen MR) is 104 cm³/mol. The minimum atomic E-state index is 0.0827. The Morgan fingerprint density at radius 3 is 2.08 bits per heavy atom. The van der Waals surface area contributed by atoms with Gasteiger partial charge in [-0.2, -0.15) is 0 Å². The van der Waals surface area contributed by atoms with Crippen LogP contribution in [-0.2, 0) is 24.3 Å². The van der Waals surface area contributed by atoms with E-state index in [1.807, 2.05) is 14.1 Å². The van der Waals surface area contributed by atoms with Crippen LogP contribution in [0.2, 0.25) is 0 Å². The molecule has 0 aliphatic rings. The first-order valence-electron chi connectivity index (χ1n) is 8.90. The number of hydrogen-bond acceptors (Lipinski definition) is 2. The normalized spacial score (nSPS) is 11.8. The quantitative estimate of drug-likeness (QED) is 0.767. The molecule has 2 aromatic carbocycles. The molecule has 0 bridgehead atoms. The van der Waals surface area contributed by atoms with E-state index in [9.17, 15) is 4.79 Å². The molecular weight excluding hydrogens is 310 g/mol. The fourth-order valence-electron chi connectivity index (χ4n) is 2.75. The Hall–Kier alpha value is -2.33. The minimum absolute atomic E-state index is 0.0827. The van der Waals surface area contributed by atoms with Crippen molar-refractivity contribution in [2.75, 3.05) is 32.6 Å². The number of amides is 1. The lowest BCUT2D eigenvalue weighted by Crippen LogP contribution is -3.08. The van der Waals surface area contributed by atoms with E-state index in [4.69, 9.17) is 0 Å². The number of carbonyl (C=O) groups excluding carboxylic acids is 1. The van der Waals surface area contributed by atoms with Crippen LogP contribution in [0.1, 0.15) is 23.6 Å². The third-order valence-corrected chi connectivity index (χ3v) is 4.34. The Bertz CT molecular complexity index is 663. The lowest BCUT2D eigenvalue weighted by Gasteiger charge is -2.15. The highest BCUT2D eigenvalue weighted by Crippen LogP contribution is 2.11. The summed E-state index contributed by atoms with van der Waals surface area (Å²) in [5.74, 6) is 0.0827. The SMILES string of the molecule is CCc1ccc(C[NH+](C)CC(=O)NCc2ccc(N(C)C)cc2)cc1. The van der Waals surface area contributed by atoms with Gasteiger partial charge in [0.1, 0.15) is 6.54 Å². The molecule has 0 saturated carbocycles. The predicted octanol–water partition coefficient (Wildman–Crippen LogP) is 1.65.